The fourth-order valence-electron chi connectivity index (χ4n) is 2.11. The smallest absolute Gasteiger partial charge is 0.0493 e. The lowest BCUT2D eigenvalue weighted by molar-refractivity contribution is 0.265. The van der Waals surface area contributed by atoms with Gasteiger partial charge >= 0.3 is 0 Å². The van der Waals surface area contributed by atoms with Crippen LogP contribution < -0.4 is 5.73 Å². The average molecular weight is 206 g/mol. The zero-order valence-corrected chi connectivity index (χ0v) is 10.4. The van der Waals surface area contributed by atoms with Crippen LogP contribution in [-0.2, 0) is 0 Å². The second kappa shape index (κ2) is 4.77. The van der Waals surface area contributed by atoms with Gasteiger partial charge in [0.2, 0.25) is 0 Å². The third-order valence-corrected chi connectivity index (χ3v) is 2.81. The van der Waals surface area contributed by atoms with Crippen LogP contribution in [0.5, 0.6) is 0 Å². The molecule has 0 bridgehead atoms. The molecule has 0 spiro atoms. The van der Waals surface area contributed by atoms with E-state index in [0.29, 0.717) is 6.04 Å². The molecular formula is C13H22N2. The number of benzene rings is 1. The molecular weight excluding hydrogens is 184 g/mol. The summed E-state index contributed by atoms with van der Waals surface area (Å²) in [5.74, 6) is 0. The molecule has 0 heterocycles. The van der Waals surface area contributed by atoms with Gasteiger partial charge in [0.15, 0.2) is 0 Å². The minimum absolute atomic E-state index is 0.139. The van der Waals surface area contributed by atoms with E-state index in [4.69, 9.17) is 5.73 Å². The molecule has 0 fully saturated rings. The van der Waals surface area contributed by atoms with E-state index in [-0.39, 0.29) is 6.04 Å². The first kappa shape index (κ1) is 12.2. The van der Waals surface area contributed by atoms with Crippen molar-refractivity contribution >= 4 is 0 Å². The molecule has 1 rings (SSSR count). The monoisotopic (exact) mass is 206 g/mol. The molecule has 15 heavy (non-hydrogen) atoms. The van der Waals surface area contributed by atoms with Gasteiger partial charge in [-0.25, -0.2) is 0 Å². The molecule has 0 aromatic heterocycles. The Hall–Kier alpha value is -0.860. The summed E-state index contributed by atoms with van der Waals surface area (Å²) in [5.41, 5.74) is 10.0. The van der Waals surface area contributed by atoms with Gasteiger partial charge in [-0.1, -0.05) is 23.8 Å². The van der Waals surface area contributed by atoms with Gasteiger partial charge in [-0.2, -0.15) is 0 Å². The number of hydrogen-bond acceptors (Lipinski definition) is 2. The van der Waals surface area contributed by atoms with Crippen molar-refractivity contribution in [3.05, 3.63) is 34.9 Å². The van der Waals surface area contributed by atoms with Crippen molar-refractivity contribution in [2.75, 3.05) is 14.1 Å². The zero-order valence-electron chi connectivity index (χ0n) is 10.4. The van der Waals surface area contributed by atoms with E-state index in [1.165, 1.54) is 16.7 Å². The highest BCUT2D eigenvalue weighted by Gasteiger charge is 2.20. The van der Waals surface area contributed by atoms with Crippen molar-refractivity contribution < 1.29 is 0 Å². The molecule has 2 unspecified atom stereocenters. The van der Waals surface area contributed by atoms with Gasteiger partial charge < -0.3 is 10.6 Å². The summed E-state index contributed by atoms with van der Waals surface area (Å²) in [6, 6.07) is 6.99. The largest absolute Gasteiger partial charge is 0.326 e. The standard InChI is InChI=1S/C13H22N2/c1-9-6-7-10(2)12(8-9)13(11(3)14)15(4)5/h6-8,11,13H,14H2,1-5H3. The summed E-state index contributed by atoms with van der Waals surface area (Å²) in [5, 5.41) is 0. The third-order valence-electron chi connectivity index (χ3n) is 2.81. The van der Waals surface area contributed by atoms with Crippen molar-refractivity contribution in [3.8, 4) is 0 Å². The minimum Gasteiger partial charge on any atom is -0.326 e. The number of hydrogen-bond donors (Lipinski definition) is 1. The molecule has 0 saturated carbocycles. The molecule has 1 aromatic carbocycles. The Morgan fingerprint density at radius 1 is 1.20 bits per heavy atom. The van der Waals surface area contributed by atoms with Crippen LogP contribution in [0.4, 0.5) is 0 Å². The van der Waals surface area contributed by atoms with Crippen LogP contribution in [0.1, 0.15) is 29.7 Å². The van der Waals surface area contributed by atoms with Gasteiger partial charge in [0, 0.05) is 12.1 Å². The quantitative estimate of drug-likeness (QED) is 0.822. The Labute approximate surface area is 93.1 Å². The maximum Gasteiger partial charge on any atom is 0.0493 e. The molecule has 1 aromatic rings. The van der Waals surface area contributed by atoms with E-state index in [1.807, 2.05) is 0 Å². The van der Waals surface area contributed by atoms with Crippen LogP contribution in [0, 0.1) is 13.8 Å². The summed E-state index contributed by atoms with van der Waals surface area (Å²) >= 11 is 0. The first-order chi connectivity index (χ1) is 6.93. The molecule has 2 N–H and O–H groups in total. The summed E-state index contributed by atoms with van der Waals surface area (Å²) in [4.78, 5) is 2.19. The predicted octanol–water partition coefficient (Wildman–Crippen LogP) is 2.25. The van der Waals surface area contributed by atoms with E-state index >= 15 is 0 Å². The van der Waals surface area contributed by atoms with Crippen LogP contribution in [0.2, 0.25) is 0 Å². The number of rotatable bonds is 3. The first-order valence-corrected chi connectivity index (χ1v) is 5.42. The highest BCUT2D eigenvalue weighted by atomic mass is 15.1. The number of nitrogens with zero attached hydrogens (tertiary/aromatic N) is 1. The molecule has 0 aliphatic rings. The summed E-state index contributed by atoms with van der Waals surface area (Å²) in [6.45, 7) is 6.33. The molecule has 0 saturated heterocycles. The molecule has 2 nitrogen and oxygen atoms in total. The highest BCUT2D eigenvalue weighted by Crippen LogP contribution is 2.25. The third kappa shape index (κ3) is 2.80. The van der Waals surface area contributed by atoms with Crippen molar-refractivity contribution in [2.45, 2.75) is 32.9 Å². The Bertz CT molecular complexity index is 321. The van der Waals surface area contributed by atoms with Crippen LogP contribution in [0.15, 0.2) is 18.2 Å². The highest BCUT2D eigenvalue weighted by molar-refractivity contribution is 5.33. The normalized spacial score (nSPS) is 15.4. The predicted molar refractivity (Wildman–Crippen MR) is 66.0 cm³/mol. The Morgan fingerprint density at radius 2 is 1.80 bits per heavy atom. The van der Waals surface area contributed by atoms with E-state index in [9.17, 15) is 0 Å². The van der Waals surface area contributed by atoms with Gasteiger partial charge in [-0.15, -0.1) is 0 Å². The molecule has 0 aliphatic heterocycles. The van der Waals surface area contributed by atoms with E-state index in [0.717, 1.165) is 0 Å². The van der Waals surface area contributed by atoms with Crippen molar-refractivity contribution in [1.29, 1.82) is 0 Å². The first-order valence-electron chi connectivity index (χ1n) is 5.42. The van der Waals surface area contributed by atoms with Crippen molar-refractivity contribution in [2.24, 2.45) is 5.73 Å². The summed E-state index contributed by atoms with van der Waals surface area (Å²) in [7, 11) is 4.16. The lowest BCUT2D eigenvalue weighted by Crippen LogP contribution is -2.35. The van der Waals surface area contributed by atoms with Crippen LogP contribution >= 0.6 is 0 Å². The van der Waals surface area contributed by atoms with Crippen molar-refractivity contribution in [3.63, 3.8) is 0 Å². The van der Waals surface area contributed by atoms with Crippen molar-refractivity contribution in [1.82, 2.24) is 4.90 Å². The Kier molecular flexibility index (Phi) is 3.89. The summed E-state index contributed by atoms with van der Waals surface area (Å²) < 4.78 is 0. The van der Waals surface area contributed by atoms with E-state index < -0.39 is 0 Å². The van der Waals surface area contributed by atoms with E-state index in [2.05, 4.69) is 58.0 Å². The zero-order chi connectivity index (χ0) is 11.6. The number of aryl methyl sites for hydroxylation is 2. The SMILES string of the molecule is Cc1ccc(C)c(C(C(C)N)N(C)C)c1. The van der Waals surface area contributed by atoms with Crippen LogP contribution in [0.25, 0.3) is 0 Å². The van der Waals surface area contributed by atoms with Gasteiger partial charge in [0.25, 0.3) is 0 Å². The van der Waals surface area contributed by atoms with Gasteiger partial charge in [0.1, 0.15) is 0 Å². The van der Waals surface area contributed by atoms with Gasteiger partial charge in [0.05, 0.1) is 0 Å². The Morgan fingerprint density at radius 3 is 2.27 bits per heavy atom. The lowest BCUT2D eigenvalue weighted by Gasteiger charge is -2.29. The molecule has 0 amide bonds. The molecule has 0 radical (unpaired) electrons. The molecule has 84 valence electrons. The van der Waals surface area contributed by atoms with Gasteiger partial charge in [-0.05, 0) is 46.0 Å². The van der Waals surface area contributed by atoms with Crippen LogP contribution in [0.3, 0.4) is 0 Å². The molecule has 2 atom stereocenters. The van der Waals surface area contributed by atoms with Crippen LogP contribution in [-0.4, -0.2) is 25.0 Å². The molecule has 2 heteroatoms. The maximum absolute atomic E-state index is 6.05. The second-order valence-electron chi connectivity index (χ2n) is 4.63. The fourth-order valence-corrected chi connectivity index (χ4v) is 2.11. The summed E-state index contributed by atoms with van der Waals surface area (Å²) in [6.07, 6.45) is 0. The fraction of sp³-hybridized carbons (Fsp3) is 0.538. The second-order valence-corrected chi connectivity index (χ2v) is 4.63. The Balaban J connectivity index is 3.16. The number of likely N-dealkylation sites (N-methyl/N-ethyl adjacent to an activating group) is 1. The van der Waals surface area contributed by atoms with Gasteiger partial charge in [-0.3, -0.25) is 0 Å². The minimum atomic E-state index is 0.139. The molecule has 0 aliphatic carbocycles. The lowest BCUT2D eigenvalue weighted by atomic mass is 9.94. The maximum atomic E-state index is 6.05. The van der Waals surface area contributed by atoms with E-state index in [1.54, 1.807) is 0 Å². The average Bonchev–Trinajstić information content (AvgIpc) is 2.10. The topological polar surface area (TPSA) is 29.3 Å². The number of nitrogens with two attached hydrogens (primary N) is 1.